The molecule has 0 unspecified atom stereocenters. The van der Waals surface area contributed by atoms with Gasteiger partial charge in [0, 0.05) is 38.2 Å². The number of anilines is 1. The fraction of sp³-hybridized carbons (Fsp3) is 0.381. The number of pyridine rings is 1. The number of nitrogens with zero attached hydrogens (tertiary/aromatic N) is 2. The average molecular weight is 513 g/mol. The van der Waals surface area contributed by atoms with Gasteiger partial charge in [0.1, 0.15) is 11.6 Å². The van der Waals surface area contributed by atoms with Gasteiger partial charge < -0.3 is 16.0 Å². The highest BCUT2D eigenvalue weighted by atomic mass is 127. The summed E-state index contributed by atoms with van der Waals surface area (Å²) in [5, 5.41) is 9.10. The zero-order valence-corrected chi connectivity index (χ0v) is 19.6. The van der Waals surface area contributed by atoms with E-state index in [1.807, 2.05) is 32.9 Å². The van der Waals surface area contributed by atoms with Crippen molar-refractivity contribution in [1.82, 2.24) is 15.6 Å². The first-order valence-electron chi connectivity index (χ1n) is 9.23. The van der Waals surface area contributed by atoms with Gasteiger partial charge in [-0.15, -0.1) is 24.0 Å². The van der Waals surface area contributed by atoms with Crippen LogP contribution in [0.25, 0.3) is 0 Å². The van der Waals surface area contributed by atoms with E-state index in [0.717, 1.165) is 11.1 Å². The van der Waals surface area contributed by atoms with Crippen LogP contribution in [0.3, 0.4) is 0 Å². The Kier molecular flexibility index (Phi) is 10.0. The number of carbonyl (C=O) groups excluding carboxylic acids is 1. The van der Waals surface area contributed by atoms with Gasteiger partial charge in [0.05, 0.1) is 0 Å². The molecule has 0 aliphatic carbocycles. The third-order valence-corrected chi connectivity index (χ3v) is 4.35. The molecule has 0 fully saturated rings. The molecule has 0 saturated heterocycles. The van der Waals surface area contributed by atoms with Crippen LogP contribution in [0.15, 0.2) is 47.6 Å². The van der Waals surface area contributed by atoms with Crippen LogP contribution >= 0.6 is 24.0 Å². The standard InChI is InChI=1S/C21H28FN5O.HI/c1-15-8-9-18(25-13-15)27-19(28)10-11-24-20(23-4)26-14-21(2,3)16-6-5-7-17(22)12-16;/h5-9,12-13H,10-11,14H2,1-4H3,(H2,23,24,26)(H,25,27,28);1H. The molecule has 0 aliphatic rings. The molecule has 1 aromatic carbocycles. The highest BCUT2D eigenvalue weighted by Gasteiger charge is 2.21. The lowest BCUT2D eigenvalue weighted by atomic mass is 9.84. The second-order valence-corrected chi connectivity index (χ2v) is 7.27. The molecule has 0 aliphatic heterocycles. The van der Waals surface area contributed by atoms with Crippen LogP contribution in [-0.2, 0) is 10.2 Å². The van der Waals surface area contributed by atoms with Crippen LogP contribution < -0.4 is 16.0 Å². The first kappa shape index (κ1) is 24.8. The van der Waals surface area contributed by atoms with Crippen molar-refractivity contribution in [3.05, 3.63) is 59.5 Å². The molecule has 0 radical (unpaired) electrons. The van der Waals surface area contributed by atoms with Crippen LogP contribution in [0, 0.1) is 12.7 Å². The van der Waals surface area contributed by atoms with Gasteiger partial charge in [0.25, 0.3) is 0 Å². The second kappa shape index (κ2) is 11.7. The second-order valence-electron chi connectivity index (χ2n) is 7.27. The normalized spacial score (nSPS) is 11.4. The third kappa shape index (κ3) is 8.35. The van der Waals surface area contributed by atoms with E-state index in [9.17, 15) is 9.18 Å². The Bertz CT molecular complexity index is 824. The molecule has 2 rings (SSSR count). The lowest BCUT2D eigenvalue weighted by molar-refractivity contribution is -0.116. The van der Waals surface area contributed by atoms with E-state index in [1.54, 1.807) is 31.4 Å². The van der Waals surface area contributed by atoms with Gasteiger partial charge in [-0.25, -0.2) is 9.37 Å². The molecule has 0 saturated carbocycles. The SMILES string of the molecule is CN=C(NCCC(=O)Nc1ccc(C)cn1)NCC(C)(C)c1cccc(F)c1.I. The number of hydrogen-bond donors (Lipinski definition) is 3. The van der Waals surface area contributed by atoms with E-state index in [2.05, 4.69) is 25.9 Å². The summed E-state index contributed by atoms with van der Waals surface area (Å²) in [5.41, 5.74) is 1.66. The van der Waals surface area contributed by atoms with Gasteiger partial charge in [-0.05, 0) is 36.2 Å². The maximum Gasteiger partial charge on any atom is 0.227 e. The van der Waals surface area contributed by atoms with Crippen molar-refractivity contribution in [3.63, 3.8) is 0 Å². The summed E-state index contributed by atoms with van der Waals surface area (Å²) < 4.78 is 13.5. The molecule has 0 atom stereocenters. The van der Waals surface area contributed by atoms with E-state index in [1.165, 1.54) is 6.07 Å². The largest absolute Gasteiger partial charge is 0.356 e. The van der Waals surface area contributed by atoms with Gasteiger partial charge in [0.15, 0.2) is 5.96 Å². The lowest BCUT2D eigenvalue weighted by Gasteiger charge is -2.26. The third-order valence-electron chi connectivity index (χ3n) is 4.35. The molecule has 0 spiro atoms. The van der Waals surface area contributed by atoms with Crippen LogP contribution in [0.4, 0.5) is 10.2 Å². The minimum absolute atomic E-state index is 0. The highest BCUT2D eigenvalue weighted by Crippen LogP contribution is 2.22. The Morgan fingerprint density at radius 2 is 1.97 bits per heavy atom. The maximum atomic E-state index is 13.5. The maximum absolute atomic E-state index is 13.5. The van der Waals surface area contributed by atoms with Gasteiger partial charge in [-0.1, -0.05) is 32.0 Å². The van der Waals surface area contributed by atoms with Crippen molar-refractivity contribution in [2.45, 2.75) is 32.6 Å². The summed E-state index contributed by atoms with van der Waals surface area (Å²) in [5.74, 6) is 0.752. The van der Waals surface area contributed by atoms with Gasteiger partial charge in [0.2, 0.25) is 5.91 Å². The summed E-state index contributed by atoms with van der Waals surface area (Å²) in [6.07, 6.45) is 1.99. The number of aliphatic imine (C=N–C) groups is 1. The summed E-state index contributed by atoms with van der Waals surface area (Å²) in [7, 11) is 1.67. The Morgan fingerprint density at radius 3 is 2.59 bits per heavy atom. The molecule has 8 heteroatoms. The Balaban J connectivity index is 0.00000420. The highest BCUT2D eigenvalue weighted by molar-refractivity contribution is 14.0. The molecule has 6 nitrogen and oxygen atoms in total. The van der Waals surface area contributed by atoms with Crippen LogP contribution in [0.2, 0.25) is 0 Å². The van der Waals surface area contributed by atoms with E-state index >= 15 is 0 Å². The van der Waals surface area contributed by atoms with Crippen molar-refractivity contribution >= 4 is 41.7 Å². The molecule has 158 valence electrons. The fourth-order valence-corrected chi connectivity index (χ4v) is 2.58. The lowest BCUT2D eigenvalue weighted by Crippen LogP contribution is -2.44. The number of aromatic nitrogens is 1. The predicted octanol–water partition coefficient (Wildman–Crippen LogP) is 3.62. The monoisotopic (exact) mass is 513 g/mol. The number of hydrogen-bond acceptors (Lipinski definition) is 3. The minimum Gasteiger partial charge on any atom is -0.356 e. The van der Waals surface area contributed by atoms with Crippen LogP contribution in [0.5, 0.6) is 0 Å². The number of aryl methyl sites for hydroxylation is 1. The number of benzene rings is 1. The number of guanidine groups is 1. The molecule has 0 bridgehead atoms. The summed E-state index contributed by atoms with van der Waals surface area (Å²) >= 11 is 0. The summed E-state index contributed by atoms with van der Waals surface area (Å²) in [6, 6.07) is 10.3. The topological polar surface area (TPSA) is 78.4 Å². The Hall–Kier alpha value is -2.23. The molecule has 1 aromatic heterocycles. The zero-order chi connectivity index (χ0) is 20.6. The number of carbonyl (C=O) groups is 1. The average Bonchev–Trinajstić information content (AvgIpc) is 2.66. The number of halogens is 2. The van der Waals surface area contributed by atoms with Crippen molar-refractivity contribution in [2.75, 3.05) is 25.5 Å². The number of nitrogens with one attached hydrogen (secondary N) is 3. The molecule has 3 N–H and O–H groups in total. The van der Waals surface area contributed by atoms with Crippen molar-refractivity contribution < 1.29 is 9.18 Å². The first-order valence-corrected chi connectivity index (χ1v) is 9.23. The molecule has 2 aromatic rings. The molecule has 29 heavy (non-hydrogen) atoms. The van der Waals surface area contributed by atoms with Crippen LogP contribution in [-0.4, -0.2) is 37.0 Å². The van der Waals surface area contributed by atoms with Gasteiger partial charge >= 0.3 is 0 Å². The van der Waals surface area contributed by atoms with Crippen molar-refractivity contribution in [1.29, 1.82) is 0 Å². The van der Waals surface area contributed by atoms with E-state index in [0.29, 0.717) is 24.9 Å². The summed E-state index contributed by atoms with van der Waals surface area (Å²) in [6.45, 7) is 7.00. The molecule has 1 heterocycles. The first-order chi connectivity index (χ1) is 13.3. The van der Waals surface area contributed by atoms with E-state index in [-0.39, 0.29) is 47.5 Å². The molecular weight excluding hydrogens is 484 g/mol. The molecular formula is C21H29FIN5O. The van der Waals surface area contributed by atoms with Crippen LogP contribution in [0.1, 0.15) is 31.4 Å². The van der Waals surface area contributed by atoms with Gasteiger partial charge in [-0.3, -0.25) is 9.79 Å². The molecule has 1 amide bonds. The number of rotatable bonds is 7. The predicted molar refractivity (Wildman–Crippen MR) is 126 cm³/mol. The van der Waals surface area contributed by atoms with Gasteiger partial charge in [-0.2, -0.15) is 0 Å². The Morgan fingerprint density at radius 1 is 1.21 bits per heavy atom. The van der Waals surface area contributed by atoms with E-state index in [4.69, 9.17) is 0 Å². The fourth-order valence-electron chi connectivity index (χ4n) is 2.58. The van der Waals surface area contributed by atoms with Crippen molar-refractivity contribution in [3.8, 4) is 0 Å². The summed E-state index contributed by atoms with van der Waals surface area (Å²) in [4.78, 5) is 20.3. The van der Waals surface area contributed by atoms with E-state index < -0.39 is 0 Å². The zero-order valence-electron chi connectivity index (χ0n) is 17.3. The Labute approximate surface area is 188 Å². The number of amides is 1. The smallest absolute Gasteiger partial charge is 0.227 e. The minimum atomic E-state index is -0.284. The van der Waals surface area contributed by atoms with Crippen molar-refractivity contribution in [2.24, 2.45) is 4.99 Å². The quantitative estimate of drug-likeness (QED) is 0.300.